The summed E-state index contributed by atoms with van der Waals surface area (Å²) in [5.74, 6) is 4.71. The summed E-state index contributed by atoms with van der Waals surface area (Å²) in [5.41, 5.74) is 0.114. The number of nitrogens with one attached hydrogen (secondary N) is 2. The molecule has 1 atom stereocenters. The molecule has 2 amide bonds. The lowest BCUT2D eigenvalue weighted by Gasteiger charge is -2.23. The van der Waals surface area contributed by atoms with Gasteiger partial charge >= 0.3 is 0 Å². The van der Waals surface area contributed by atoms with Gasteiger partial charge in [0.2, 0.25) is 5.91 Å². The van der Waals surface area contributed by atoms with Gasteiger partial charge in [-0.1, -0.05) is 11.8 Å². The van der Waals surface area contributed by atoms with E-state index in [1.807, 2.05) is 20.8 Å². The molecule has 1 aromatic rings. The molecular weight excluding hydrogens is 288 g/mol. The van der Waals surface area contributed by atoms with Crippen LogP contribution in [0.25, 0.3) is 0 Å². The van der Waals surface area contributed by atoms with E-state index in [1.165, 1.54) is 11.3 Å². The second-order valence-electron chi connectivity index (χ2n) is 5.59. The van der Waals surface area contributed by atoms with E-state index < -0.39 is 6.04 Å². The number of aliphatic hydroxyl groups excluding tert-OH is 1. The quantitative estimate of drug-likeness (QED) is 0.732. The summed E-state index contributed by atoms with van der Waals surface area (Å²) in [6.07, 6.45) is 0. The molecule has 6 heteroatoms. The van der Waals surface area contributed by atoms with E-state index >= 15 is 0 Å². The number of thiophene rings is 1. The lowest BCUT2D eigenvalue weighted by Crippen LogP contribution is -2.50. The van der Waals surface area contributed by atoms with Crippen molar-refractivity contribution >= 4 is 23.2 Å². The second kappa shape index (κ2) is 7.25. The number of carbonyl (C=O) groups is 2. The lowest BCUT2D eigenvalue weighted by molar-refractivity contribution is -0.124. The first kappa shape index (κ1) is 17.2. The number of hydrogen-bond acceptors (Lipinski definition) is 4. The minimum Gasteiger partial charge on any atom is -0.384 e. The maximum absolute atomic E-state index is 12.0. The summed E-state index contributed by atoms with van der Waals surface area (Å²) in [7, 11) is 0. The van der Waals surface area contributed by atoms with Crippen LogP contribution in [-0.4, -0.2) is 35.1 Å². The zero-order valence-electron chi connectivity index (χ0n) is 12.6. The van der Waals surface area contributed by atoms with Gasteiger partial charge in [0.25, 0.3) is 5.91 Å². The van der Waals surface area contributed by atoms with Gasteiger partial charge in [-0.25, -0.2) is 0 Å². The molecule has 5 nitrogen and oxygen atoms in total. The van der Waals surface area contributed by atoms with Crippen molar-refractivity contribution in [3.63, 3.8) is 0 Å². The SMILES string of the molecule is CC(NC(=O)c1csc(C#CCO)c1)C(=O)NC(C)(C)C. The topological polar surface area (TPSA) is 78.4 Å². The second-order valence-corrected chi connectivity index (χ2v) is 6.51. The fraction of sp³-hybridized carbons (Fsp3) is 0.467. The molecule has 0 aliphatic carbocycles. The monoisotopic (exact) mass is 308 g/mol. The van der Waals surface area contributed by atoms with Gasteiger partial charge in [-0.15, -0.1) is 11.3 Å². The van der Waals surface area contributed by atoms with E-state index in [0.717, 1.165) is 0 Å². The maximum Gasteiger partial charge on any atom is 0.252 e. The van der Waals surface area contributed by atoms with Gasteiger partial charge in [-0.05, 0) is 33.8 Å². The smallest absolute Gasteiger partial charge is 0.252 e. The predicted octanol–water partition coefficient (Wildman–Crippen LogP) is 1.12. The van der Waals surface area contributed by atoms with Crippen molar-refractivity contribution in [1.29, 1.82) is 0 Å². The van der Waals surface area contributed by atoms with Crippen LogP contribution >= 0.6 is 11.3 Å². The molecule has 0 aliphatic rings. The third-order valence-corrected chi connectivity index (χ3v) is 3.24. The van der Waals surface area contributed by atoms with Crippen LogP contribution in [0.1, 0.15) is 42.9 Å². The van der Waals surface area contributed by atoms with Crippen LogP contribution in [0.2, 0.25) is 0 Å². The van der Waals surface area contributed by atoms with Crippen molar-refractivity contribution < 1.29 is 14.7 Å². The van der Waals surface area contributed by atoms with Crippen LogP contribution in [-0.2, 0) is 4.79 Å². The van der Waals surface area contributed by atoms with Gasteiger partial charge in [0.15, 0.2) is 0 Å². The van der Waals surface area contributed by atoms with Crippen LogP contribution in [0.5, 0.6) is 0 Å². The van der Waals surface area contributed by atoms with Gasteiger partial charge in [-0.3, -0.25) is 9.59 Å². The molecule has 0 aliphatic heterocycles. The van der Waals surface area contributed by atoms with Gasteiger partial charge < -0.3 is 15.7 Å². The van der Waals surface area contributed by atoms with E-state index in [9.17, 15) is 9.59 Å². The van der Waals surface area contributed by atoms with Gasteiger partial charge in [0.05, 0.1) is 10.4 Å². The highest BCUT2D eigenvalue weighted by molar-refractivity contribution is 7.10. The fourth-order valence-electron chi connectivity index (χ4n) is 1.47. The molecule has 3 N–H and O–H groups in total. The Balaban J connectivity index is 2.64. The summed E-state index contributed by atoms with van der Waals surface area (Å²) >= 11 is 1.32. The van der Waals surface area contributed by atoms with E-state index in [0.29, 0.717) is 10.4 Å². The average molecular weight is 308 g/mol. The summed E-state index contributed by atoms with van der Waals surface area (Å²) in [6.45, 7) is 7.06. The normalized spacial score (nSPS) is 12.0. The Bertz CT molecular complexity index is 576. The number of rotatable bonds is 3. The average Bonchev–Trinajstić information content (AvgIpc) is 2.82. The summed E-state index contributed by atoms with van der Waals surface area (Å²) in [6, 6.07) is 1.01. The molecule has 0 bridgehead atoms. The Morgan fingerprint density at radius 1 is 1.43 bits per heavy atom. The largest absolute Gasteiger partial charge is 0.384 e. The number of carbonyl (C=O) groups excluding carboxylic acids is 2. The molecule has 0 fully saturated rings. The first-order valence-corrected chi connectivity index (χ1v) is 7.42. The van der Waals surface area contributed by atoms with Crippen molar-refractivity contribution in [1.82, 2.24) is 10.6 Å². The highest BCUT2D eigenvalue weighted by atomic mass is 32.1. The molecule has 0 spiro atoms. The standard InChI is InChI=1S/C15H20N2O3S/c1-10(13(19)17-15(2,3)4)16-14(20)11-8-12(21-9-11)6-5-7-18/h8-10,18H,7H2,1-4H3,(H,16,20)(H,17,19). The van der Waals surface area contributed by atoms with Gasteiger partial charge in [-0.2, -0.15) is 0 Å². The van der Waals surface area contributed by atoms with Crippen molar-refractivity contribution in [2.24, 2.45) is 0 Å². The fourth-order valence-corrected chi connectivity index (χ4v) is 2.23. The van der Waals surface area contributed by atoms with E-state index in [4.69, 9.17) is 5.11 Å². The van der Waals surface area contributed by atoms with Crippen LogP contribution in [0.15, 0.2) is 11.4 Å². The molecule has 0 radical (unpaired) electrons. The zero-order chi connectivity index (χ0) is 16.0. The molecule has 0 saturated heterocycles. The Labute approximate surface area is 128 Å². The molecule has 21 heavy (non-hydrogen) atoms. The minimum atomic E-state index is -0.622. The molecule has 1 aromatic heterocycles. The Kier molecular flexibility index (Phi) is 5.94. The van der Waals surface area contributed by atoms with Crippen LogP contribution in [0.3, 0.4) is 0 Å². The molecule has 1 heterocycles. The summed E-state index contributed by atoms with van der Waals surface area (Å²) in [5, 5.41) is 15.7. The zero-order valence-corrected chi connectivity index (χ0v) is 13.4. The van der Waals surface area contributed by atoms with E-state index in [2.05, 4.69) is 22.5 Å². The van der Waals surface area contributed by atoms with Crippen molar-refractivity contribution in [3.8, 4) is 11.8 Å². The third kappa shape index (κ3) is 5.98. The van der Waals surface area contributed by atoms with E-state index in [1.54, 1.807) is 18.4 Å². The Morgan fingerprint density at radius 2 is 2.10 bits per heavy atom. The van der Waals surface area contributed by atoms with Crippen LogP contribution < -0.4 is 10.6 Å². The molecular formula is C15H20N2O3S. The molecule has 114 valence electrons. The summed E-state index contributed by atoms with van der Waals surface area (Å²) < 4.78 is 0. The maximum atomic E-state index is 12.0. The predicted molar refractivity (Wildman–Crippen MR) is 83.1 cm³/mol. The Morgan fingerprint density at radius 3 is 2.67 bits per heavy atom. The van der Waals surface area contributed by atoms with Crippen LogP contribution in [0, 0.1) is 11.8 Å². The molecule has 0 aromatic carbocycles. The Hall–Kier alpha value is -1.84. The molecule has 0 saturated carbocycles. The number of hydrogen-bond donors (Lipinski definition) is 3. The first-order valence-electron chi connectivity index (χ1n) is 6.54. The minimum absolute atomic E-state index is 0.219. The lowest BCUT2D eigenvalue weighted by atomic mass is 10.1. The van der Waals surface area contributed by atoms with Gasteiger partial charge in [0.1, 0.15) is 12.6 Å². The first-order chi connectivity index (χ1) is 9.73. The molecule has 1 rings (SSSR count). The summed E-state index contributed by atoms with van der Waals surface area (Å²) in [4.78, 5) is 24.6. The molecule has 1 unspecified atom stereocenters. The van der Waals surface area contributed by atoms with Crippen LogP contribution in [0.4, 0.5) is 0 Å². The number of amides is 2. The number of aliphatic hydroxyl groups is 1. The highest BCUT2D eigenvalue weighted by Crippen LogP contribution is 2.13. The van der Waals surface area contributed by atoms with Gasteiger partial charge in [0, 0.05) is 10.9 Å². The van der Waals surface area contributed by atoms with E-state index in [-0.39, 0.29) is 24.0 Å². The highest BCUT2D eigenvalue weighted by Gasteiger charge is 2.21. The van der Waals surface area contributed by atoms with Crippen molar-refractivity contribution in [2.45, 2.75) is 39.3 Å². The van der Waals surface area contributed by atoms with Crippen molar-refractivity contribution in [3.05, 3.63) is 21.9 Å². The van der Waals surface area contributed by atoms with Crippen molar-refractivity contribution in [2.75, 3.05) is 6.61 Å². The third-order valence-electron chi connectivity index (χ3n) is 2.39.